The van der Waals surface area contributed by atoms with Crippen LogP contribution >= 0.6 is 0 Å². The highest BCUT2D eigenvalue weighted by Crippen LogP contribution is 2.33. The predicted molar refractivity (Wildman–Crippen MR) is 86.4 cm³/mol. The van der Waals surface area contributed by atoms with Crippen molar-refractivity contribution in [1.82, 2.24) is 4.98 Å². The maximum atomic E-state index is 12.3. The third kappa shape index (κ3) is 3.31. The van der Waals surface area contributed by atoms with E-state index in [1.165, 1.54) is 0 Å². The molecule has 0 spiro atoms. The number of amides is 2. The molecule has 0 bridgehead atoms. The van der Waals surface area contributed by atoms with Gasteiger partial charge in [0.1, 0.15) is 11.6 Å². The minimum atomic E-state index is -0.552. The van der Waals surface area contributed by atoms with Crippen LogP contribution in [0.4, 0.5) is 11.5 Å². The first-order valence-electron chi connectivity index (χ1n) is 7.43. The lowest BCUT2D eigenvalue weighted by Gasteiger charge is -2.32. The van der Waals surface area contributed by atoms with E-state index < -0.39 is 6.10 Å². The molecule has 1 N–H and O–H groups in total. The molecule has 1 aromatic heterocycles. The summed E-state index contributed by atoms with van der Waals surface area (Å²) in [4.78, 5) is 30.0. The van der Waals surface area contributed by atoms with Gasteiger partial charge in [-0.3, -0.25) is 9.59 Å². The summed E-state index contributed by atoms with van der Waals surface area (Å²) >= 11 is 0. The molecule has 0 aliphatic carbocycles. The lowest BCUT2D eigenvalue weighted by atomic mass is 10.1. The van der Waals surface area contributed by atoms with Crippen LogP contribution in [0.2, 0.25) is 0 Å². The molecule has 118 valence electrons. The number of rotatable bonds is 4. The smallest absolute Gasteiger partial charge is 0.267 e. The Morgan fingerprint density at radius 3 is 2.83 bits per heavy atom. The van der Waals surface area contributed by atoms with Crippen molar-refractivity contribution in [3.63, 3.8) is 0 Å². The highest BCUT2D eigenvalue weighted by molar-refractivity contribution is 6.00. The van der Waals surface area contributed by atoms with Crippen LogP contribution < -0.4 is 15.0 Å². The van der Waals surface area contributed by atoms with Gasteiger partial charge < -0.3 is 15.0 Å². The summed E-state index contributed by atoms with van der Waals surface area (Å²) in [5.41, 5.74) is 0.696. The van der Waals surface area contributed by atoms with Crippen molar-refractivity contribution in [3.05, 3.63) is 48.7 Å². The molecular formula is C17H17N3O3. The number of benzene rings is 1. The third-order valence-electron chi connectivity index (χ3n) is 3.57. The Labute approximate surface area is 134 Å². The summed E-state index contributed by atoms with van der Waals surface area (Å²) in [6.45, 7) is 2.00. The highest BCUT2D eigenvalue weighted by Gasteiger charge is 2.31. The molecule has 2 heterocycles. The van der Waals surface area contributed by atoms with Crippen LogP contribution in [0, 0.1) is 0 Å². The number of aromatic nitrogens is 1. The number of carbonyl (C=O) groups excluding carboxylic acids is 2. The van der Waals surface area contributed by atoms with Gasteiger partial charge in [0.25, 0.3) is 5.91 Å². The van der Waals surface area contributed by atoms with Crippen molar-refractivity contribution < 1.29 is 14.3 Å². The van der Waals surface area contributed by atoms with Gasteiger partial charge in [0, 0.05) is 19.2 Å². The largest absolute Gasteiger partial charge is 0.479 e. The van der Waals surface area contributed by atoms with Gasteiger partial charge in [-0.25, -0.2) is 4.98 Å². The topological polar surface area (TPSA) is 71.5 Å². The fourth-order valence-electron chi connectivity index (χ4n) is 2.44. The second-order valence-electron chi connectivity index (χ2n) is 5.23. The SMILES string of the molecule is C[C@@H]1Oc2ccccc2N(CCC(=O)Nc2ccccn2)C1=O. The number of ether oxygens (including phenoxy) is 1. The molecule has 6 heteroatoms. The number of anilines is 2. The van der Waals surface area contributed by atoms with E-state index >= 15 is 0 Å². The Hall–Kier alpha value is -2.89. The first kappa shape index (κ1) is 15.0. The Morgan fingerprint density at radius 1 is 1.26 bits per heavy atom. The van der Waals surface area contributed by atoms with Gasteiger partial charge >= 0.3 is 0 Å². The van der Waals surface area contributed by atoms with Gasteiger partial charge in [-0.15, -0.1) is 0 Å². The van der Waals surface area contributed by atoms with Crippen LogP contribution in [-0.4, -0.2) is 29.4 Å². The van der Waals surface area contributed by atoms with Gasteiger partial charge in [-0.05, 0) is 31.2 Å². The highest BCUT2D eigenvalue weighted by atomic mass is 16.5. The van der Waals surface area contributed by atoms with Crippen LogP contribution in [0.3, 0.4) is 0 Å². The van der Waals surface area contributed by atoms with E-state index in [0.29, 0.717) is 23.8 Å². The first-order chi connectivity index (χ1) is 11.1. The second kappa shape index (κ2) is 6.48. The van der Waals surface area contributed by atoms with Gasteiger partial charge in [-0.1, -0.05) is 18.2 Å². The minimum absolute atomic E-state index is 0.144. The van der Waals surface area contributed by atoms with E-state index in [9.17, 15) is 9.59 Å². The lowest BCUT2D eigenvalue weighted by molar-refractivity contribution is -0.125. The first-order valence-corrected chi connectivity index (χ1v) is 7.43. The number of hydrogen-bond donors (Lipinski definition) is 1. The number of nitrogens with one attached hydrogen (secondary N) is 1. The maximum absolute atomic E-state index is 12.3. The zero-order valence-electron chi connectivity index (χ0n) is 12.7. The Bertz CT molecular complexity index is 718. The Kier molecular flexibility index (Phi) is 4.23. The van der Waals surface area contributed by atoms with Crippen molar-refractivity contribution in [2.24, 2.45) is 0 Å². The Balaban J connectivity index is 1.67. The summed E-state index contributed by atoms with van der Waals surface area (Å²) in [7, 11) is 0. The lowest BCUT2D eigenvalue weighted by Crippen LogP contribution is -2.45. The van der Waals surface area contributed by atoms with Crippen LogP contribution in [0.25, 0.3) is 0 Å². The molecule has 2 amide bonds. The number of fused-ring (bicyclic) bond motifs is 1. The van der Waals surface area contributed by atoms with E-state index in [2.05, 4.69) is 10.3 Å². The normalized spacial score (nSPS) is 16.5. The summed E-state index contributed by atoms with van der Waals surface area (Å²) in [6, 6.07) is 12.6. The monoisotopic (exact) mass is 311 g/mol. The number of pyridine rings is 1. The number of para-hydroxylation sites is 2. The van der Waals surface area contributed by atoms with Crippen molar-refractivity contribution in [2.75, 3.05) is 16.8 Å². The van der Waals surface area contributed by atoms with Crippen LogP contribution in [-0.2, 0) is 9.59 Å². The van der Waals surface area contributed by atoms with Gasteiger partial charge in [0.05, 0.1) is 5.69 Å². The molecule has 0 unspecified atom stereocenters. The fourth-order valence-corrected chi connectivity index (χ4v) is 2.44. The molecule has 3 rings (SSSR count). The summed E-state index contributed by atoms with van der Waals surface area (Å²) < 4.78 is 5.57. The average molecular weight is 311 g/mol. The molecule has 2 aromatic rings. The zero-order chi connectivity index (χ0) is 16.2. The van der Waals surface area contributed by atoms with Gasteiger partial charge in [0.2, 0.25) is 5.91 Å². The van der Waals surface area contributed by atoms with Crippen molar-refractivity contribution in [2.45, 2.75) is 19.4 Å². The molecule has 1 atom stereocenters. The van der Waals surface area contributed by atoms with Crippen molar-refractivity contribution in [3.8, 4) is 5.75 Å². The molecule has 6 nitrogen and oxygen atoms in total. The molecule has 23 heavy (non-hydrogen) atoms. The van der Waals surface area contributed by atoms with E-state index in [4.69, 9.17) is 4.74 Å². The summed E-state index contributed by atoms with van der Waals surface area (Å²) in [5, 5.41) is 2.71. The fraction of sp³-hybridized carbons (Fsp3) is 0.235. The predicted octanol–water partition coefficient (Wildman–Crippen LogP) is 2.22. The zero-order valence-corrected chi connectivity index (χ0v) is 12.7. The van der Waals surface area contributed by atoms with Gasteiger partial charge in [-0.2, -0.15) is 0 Å². The van der Waals surface area contributed by atoms with Gasteiger partial charge in [0.15, 0.2) is 6.10 Å². The summed E-state index contributed by atoms with van der Waals surface area (Å²) in [6.07, 6.45) is 1.24. The molecule has 1 aliphatic rings. The third-order valence-corrected chi connectivity index (χ3v) is 3.57. The molecular weight excluding hydrogens is 294 g/mol. The molecule has 1 aromatic carbocycles. The average Bonchev–Trinajstić information content (AvgIpc) is 2.56. The van der Waals surface area contributed by atoms with Crippen molar-refractivity contribution in [1.29, 1.82) is 0 Å². The van der Waals surface area contributed by atoms with Crippen LogP contribution in [0.15, 0.2) is 48.7 Å². The number of nitrogens with zero attached hydrogens (tertiary/aromatic N) is 2. The maximum Gasteiger partial charge on any atom is 0.267 e. The van der Waals surface area contributed by atoms with Crippen LogP contribution in [0.5, 0.6) is 5.75 Å². The Morgan fingerprint density at radius 2 is 2.04 bits per heavy atom. The molecule has 0 saturated carbocycles. The number of hydrogen-bond acceptors (Lipinski definition) is 4. The van der Waals surface area contributed by atoms with Crippen molar-refractivity contribution >= 4 is 23.3 Å². The number of carbonyl (C=O) groups is 2. The van der Waals surface area contributed by atoms with Crippen LogP contribution in [0.1, 0.15) is 13.3 Å². The second-order valence-corrected chi connectivity index (χ2v) is 5.23. The quantitative estimate of drug-likeness (QED) is 0.940. The van der Waals surface area contributed by atoms with E-state index in [1.54, 1.807) is 36.2 Å². The summed E-state index contributed by atoms with van der Waals surface area (Å²) in [5.74, 6) is 0.826. The minimum Gasteiger partial charge on any atom is -0.479 e. The van der Waals surface area contributed by atoms with E-state index in [1.807, 2.05) is 24.3 Å². The molecule has 0 radical (unpaired) electrons. The van der Waals surface area contributed by atoms with E-state index in [0.717, 1.165) is 0 Å². The van der Waals surface area contributed by atoms with E-state index in [-0.39, 0.29) is 18.2 Å². The molecule has 1 aliphatic heterocycles. The molecule has 0 saturated heterocycles. The standard InChI is InChI=1S/C17H17N3O3/c1-12-17(22)20(13-6-2-3-7-14(13)23-12)11-9-16(21)19-15-8-4-5-10-18-15/h2-8,10,12H,9,11H2,1H3,(H,18,19,21)/t12-/m0/s1. The molecule has 0 fully saturated rings.